The third-order valence-corrected chi connectivity index (χ3v) is 4.56. The van der Waals surface area contributed by atoms with Crippen LogP contribution in [0.1, 0.15) is 15.9 Å². The van der Waals surface area contributed by atoms with Crippen LogP contribution in [0, 0.1) is 11.3 Å². The summed E-state index contributed by atoms with van der Waals surface area (Å²) in [5, 5.41) is 11.2. The summed E-state index contributed by atoms with van der Waals surface area (Å²) in [6.07, 6.45) is 0. The van der Waals surface area contributed by atoms with E-state index in [1.165, 1.54) is 0 Å². The number of sulfone groups is 1. The minimum Gasteiger partial charge on any atom is -0.497 e. The van der Waals surface area contributed by atoms with Gasteiger partial charge in [0.2, 0.25) is 0 Å². The van der Waals surface area contributed by atoms with E-state index >= 15 is 0 Å². The van der Waals surface area contributed by atoms with Crippen LogP contribution in [0.5, 0.6) is 5.75 Å². The number of hydrogen-bond donors (Lipinski definition) is 1. The summed E-state index contributed by atoms with van der Waals surface area (Å²) in [4.78, 5) is 12.2. The van der Waals surface area contributed by atoms with Crippen molar-refractivity contribution in [2.75, 3.05) is 18.2 Å². The summed E-state index contributed by atoms with van der Waals surface area (Å²) < 4.78 is 28.3. The smallest absolute Gasteiger partial charge is 0.255 e. The summed E-state index contributed by atoms with van der Waals surface area (Å²) in [5.74, 6) is -0.427. The molecule has 0 radical (unpaired) electrons. The fourth-order valence-corrected chi connectivity index (χ4v) is 3.06. The third-order valence-electron chi connectivity index (χ3n) is 3.21. The van der Waals surface area contributed by atoms with Gasteiger partial charge in [-0.05, 0) is 29.8 Å². The normalized spacial score (nSPS) is 10.7. The van der Waals surface area contributed by atoms with E-state index in [2.05, 4.69) is 5.32 Å². The number of methoxy groups -OCH3 is 1. The second kappa shape index (κ2) is 7.62. The van der Waals surface area contributed by atoms with Crippen LogP contribution < -0.4 is 10.1 Å². The number of rotatable bonds is 6. The SMILES string of the molecule is COc1cccc(NC(=O)c2ccc(CS(=O)(=O)CC#N)cc2)c1. The molecule has 2 aromatic rings. The highest BCUT2D eigenvalue weighted by Gasteiger charge is 2.12. The number of carbonyl (C=O) groups excluding carboxylic acids is 1. The first-order valence-corrected chi connectivity index (χ1v) is 8.87. The average molecular weight is 344 g/mol. The lowest BCUT2D eigenvalue weighted by atomic mass is 10.1. The summed E-state index contributed by atoms with van der Waals surface area (Å²) in [6.45, 7) is 0. The lowest BCUT2D eigenvalue weighted by Gasteiger charge is -2.08. The van der Waals surface area contributed by atoms with Gasteiger partial charge in [-0.1, -0.05) is 18.2 Å². The molecule has 1 amide bonds. The number of carbonyl (C=O) groups is 1. The van der Waals surface area contributed by atoms with Crippen molar-refractivity contribution < 1.29 is 17.9 Å². The van der Waals surface area contributed by atoms with Crippen molar-refractivity contribution in [1.82, 2.24) is 0 Å². The molecule has 0 saturated carbocycles. The minimum atomic E-state index is -3.45. The molecule has 0 spiro atoms. The number of amides is 1. The predicted molar refractivity (Wildman–Crippen MR) is 90.5 cm³/mol. The molecule has 0 aromatic heterocycles. The highest BCUT2D eigenvalue weighted by molar-refractivity contribution is 7.90. The number of anilines is 1. The van der Waals surface area contributed by atoms with Crippen molar-refractivity contribution in [1.29, 1.82) is 5.26 Å². The monoisotopic (exact) mass is 344 g/mol. The van der Waals surface area contributed by atoms with Gasteiger partial charge in [-0.15, -0.1) is 0 Å². The molecule has 0 aliphatic rings. The van der Waals surface area contributed by atoms with Crippen LogP contribution in [-0.2, 0) is 15.6 Å². The van der Waals surface area contributed by atoms with Crippen molar-refractivity contribution in [2.24, 2.45) is 0 Å². The van der Waals surface area contributed by atoms with E-state index in [0.29, 0.717) is 22.6 Å². The maximum atomic E-state index is 12.2. The Morgan fingerprint density at radius 2 is 1.92 bits per heavy atom. The first-order chi connectivity index (χ1) is 11.4. The third kappa shape index (κ3) is 4.83. The van der Waals surface area contributed by atoms with Gasteiger partial charge in [0.25, 0.3) is 5.91 Å². The fourth-order valence-electron chi connectivity index (χ4n) is 2.06. The number of nitrogens with zero attached hydrogens (tertiary/aromatic N) is 1. The lowest BCUT2D eigenvalue weighted by Crippen LogP contribution is -2.12. The van der Waals surface area contributed by atoms with E-state index in [9.17, 15) is 13.2 Å². The molecule has 0 saturated heterocycles. The van der Waals surface area contributed by atoms with Crippen molar-refractivity contribution in [2.45, 2.75) is 5.75 Å². The van der Waals surface area contributed by atoms with Crippen LogP contribution in [0.4, 0.5) is 5.69 Å². The van der Waals surface area contributed by atoms with E-state index < -0.39 is 15.6 Å². The van der Waals surface area contributed by atoms with Gasteiger partial charge in [0.15, 0.2) is 9.84 Å². The second-order valence-corrected chi connectivity index (χ2v) is 7.14. The maximum Gasteiger partial charge on any atom is 0.255 e. The zero-order valence-corrected chi connectivity index (χ0v) is 13.8. The summed E-state index contributed by atoms with van der Waals surface area (Å²) in [7, 11) is -1.91. The first-order valence-electron chi connectivity index (χ1n) is 7.05. The molecule has 0 aliphatic carbocycles. The van der Waals surface area contributed by atoms with Crippen LogP contribution >= 0.6 is 0 Å². The quantitative estimate of drug-likeness (QED) is 0.868. The molecule has 7 heteroatoms. The second-order valence-electron chi connectivity index (χ2n) is 5.07. The average Bonchev–Trinajstić information content (AvgIpc) is 2.55. The fraction of sp³-hybridized carbons (Fsp3) is 0.176. The van der Waals surface area contributed by atoms with Crippen molar-refractivity contribution in [3.63, 3.8) is 0 Å². The van der Waals surface area contributed by atoms with E-state index in [1.54, 1.807) is 61.7 Å². The Balaban J connectivity index is 2.07. The summed E-state index contributed by atoms with van der Waals surface area (Å²) in [6, 6.07) is 14.8. The molecular formula is C17H16N2O4S. The van der Waals surface area contributed by atoms with Crippen LogP contribution in [-0.4, -0.2) is 27.2 Å². The lowest BCUT2D eigenvalue weighted by molar-refractivity contribution is 0.102. The van der Waals surface area contributed by atoms with Gasteiger partial charge in [-0.25, -0.2) is 8.42 Å². The molecular weight excluding hydrogens is 328 g/mol. The number of hydrogen-bond acceptors (Lipinski definition) is 5. The molecule has 2 aromatic carbocycles. The largest absolute Gasteiger partial charge is 0.497 e. The number of ether oxygens (including phenoxy) is 1. The molecule has 0 bridgehead atoms. The van der Waals surface area contributed by atoms with E-state index in [1.807, 2.05) is 0 Å². The molecule has 0 fully saturated rings. The molecule has 0 heterocycles. The zero-order chi connectivity index (χ0) is 17.6. The maximum absolute atomic E-state index is 12.2. The Hall–Kier alpha value is -2.85. The van der Waals surface area contributed by atoms with Crippen LogP contribution in [0.15, 0.2) is 48.5 Å². The highest BCUT2D eigenvalue weighted by Crippen LogP contribution is 2.18. The summed E-state index contributed by atoms with van der Waals surface area (Å²) in [5.41, 5.74) is 1.53. The number of nitriles is 1. The van der Waals surface area contributed by atoms with Crippen molar-refractivity contribution in [3.8, 4) is 11.8 Å². The molecule has 0 aliphatic heterocycles. The van der Waals surface area contributed by atoms with Gasteiger partial charge < -0.3 is 10.1 Å². The Labute approximate surface area is 140 Å². The molecule has 2 rings (SSSR count). The predicted octanol–water partition coefficient (Wildman–Crippen LogP) is 2.39. The van der Waals surface area contributed by atoms with E-state index in [4.69, 9.17) is 10.00 Å². The zero-order valence-electron chi connectivity index (χ0n) is 13.0. The van der Waals surface area contributed by atoms with Crippen molar-refractivity contribution >= 4 is 21.4 Å². The standard InChI is InChI=1S/C17H16N2O4S/c1-23-16-4-2-3-15(11-16)19-17(20)14-7-5-13(6-8-14)12-24(21,22)10-9-18/h2-8,11H,10,12H2,1H3,(H,19,20). The highest BCUT2D eigenvalue weighted by atomic mass is 32.2. The van der Waals surface area contributed by atoms with Crippen LogP contribution in [0.3, 0.4) is 0 Å². The molecule has 0 unspecified atom stereocenters. The van der Waals surface area contributed by atoms with E-state index in [0.717, 1.165) is 0 Å². The van der Waals surface area contributed by atoms with Gasteiger partial charge >= 0.3 is 0 Å². The topological polar surface area (TPSA) is 96.3 Å². The number of benzene rings is 2. The Morgan fingerprint density at radius 3 is 2.54 bits per heavy atom. The minimum absolute atomic E-state index is 0.224. The molecule has 1 N–H and O–H groups in total. The van der Waals surface area contributed by atoms with Gasteiger partial charge in [0.1, 0.15) is 11.5 Å². The number of nitrogens with one attached hydrogen (secondary N) is 1. The summed E-state index contributed by atoms with van der Waals surface area (Å²) >= 11 is 0. The first kappa shape index (κ1) is 17.5. The van der Waals surface area contributed by atoms with Gasteiger partial charge in [-0.2, -0.15) is 5.26 Å². The molecule has 124 valence electrons. The van der Waals surface area contributed by atoms with Gasteiger partial charge in [-0.3, -0.25) is 4.79 Å². The van der Waals surface area contributed by atoms with E-state index in [-0.39, 0.29) is 11.7 Å². The van der Waals surface area contributed by atoms with Crippen LogP contribution in [0.2, 0.25) is 0 Å². The Morgan fingerprint density at radius 1 is 1.21 bits per heavy atom. The molecule has 6 nitrogen and oxygen atoms in total. The van der Waals surface area contributed by atoms with Crippen molar-refractivity contribution in [3.05, 3.63) is 59.7 Å². The van der Waals surface area contributed by atoms with Gasteiger partial charge in [0, 0.05) is 17.3 Å². The van der Waals surface area contributed by atoms with Crippen LogP contribution in [0.25, 0.3) is 0 Å². The molecule has 24 heavy (non-hydrogen) atoms. The van der Waals surface area contributed by atoms with Gasteiger partial charge in [0.05, 0.1) is 18.9 Å². The molecule has 0 atom stereocenters. The Bertz CT molecular complexity index is 868. The Kier molecular flexibility index (Phi) is 5.55.